The molecule has 2 aliphatic rings. The van der Waals surface area contributed by atoms with E-state index in [2.05, 4.69) is 37.5 Å². The number of fused-ring (bicyclic) bond motifs is 1. The van der Waals surface area contributed by atoms with Gasteiger partial charge in [-0.15, -0.1) is 0 Å². The van der Waals surface area contributed by atoms with E-state index < -0.39 is 12.1 Å². The fourth-order valence-corrected chi connectivity index (χ4v) is 5.56. The molecule has 4 rings (SSSR count). The van der Waals surface area contributed by atoms with E-state index in [-0.39, 0.29) is 35.3 Å². The Morgan fingerprint density at radius 2 is 2.03 bits per heavy atom. The highest BCUT2D eigenvalue weighted by Gasteiger charge is 2.47. The van der Waals surface area contributed by atoms with Gasteiger partial charge in [0.15, 0.2) is 11.6 Å². The van der Waals surface area contributed by atoms with Gasteiger partial charge >= 0.3 is 0 Å². The number of anilines is 1. The lowest BCUT2D eigenvalue weighted by atomic mass is 9.72. The average molecular weight is 527 g/mol. The highest BCUT2D eigenvalue weighted by Crippen LogP contribution is 2.51. The Labute approximate surface area is 226 Å². The number of carbonyl (C=O) groups excluding carboxylic acids is 1. The van der Waals surface area contributed by atoms with Crippen molar-refractivity contribution in [2.24, 2.45) is 5.41 Å². The van der Waals surface area contributed by atoms with Gasteiger partial charge in [-0.1, -0.05) is 32.9 Å². The Bertz CT molecular complexity index is 1140. The van der Waals surface area contributed by atoms with Crippen LogP contribution in [-0.4, -0.2) is 54.4 Å². The number of aromatic nitrogens is 1. The SMILES string of the molecule is CC(=O)N[C@@H](Cc1cccc(F)c1)[C@@H](O)CN[C@H]1CC2(CCC2)Oc2c1cc(CC(C)(C)C)nc2N(C)C. The van der Waals surface area contributed by atoms with Crippen LogP contribution in [0.25, 0.3) is 0 Å². The first kappa shape index (κ1) is 28.3. The molecule has 3 N–H and O–H groups in total. The first-order valence-corrected chi connectivity index (χ1v) is 13.7. The van der Waals surface area contributed by atoms with Crippen LogP contribution in [0.1, 0.15) is 76.2 Å². The van der Waals surface area contributed by atoms with E-state index in [4.69, 9.17) is 9.72 Å². The molecule has 1 spiro atoms. The van der Waals surface area contributed by atoms with Crippen molar-refractivity contribution in [1.82, 2.24) is 15.6 Å². The van der Waals surface area contributed by atoms with Crippen LogP contribution >= 0.6 is 0 Å². The number of halogens is 1. The third-order valence-corrected chi connectivity index (χ3v) is 7.48. The van der Waals surface area contributed by atoms with Crippen LogP contribution in [0.2, 0.25) is 0 Å². The van der Waals surface area contributed by atoms with Gasteiger partial charge in [-0.05, 0) is 61.3 Å². The molecular formula is C30H43FN4O3. The Kier molecular flexibility index (Phi) is 8.33. The first-order chi connectivity index (χ1) is 17.8. The highest BCUT2D eigenvalue weighted by molar-refractivity contribution is 5.73. The zero-order valence-electron chi connectivity index (χ0n) is 23.6. The number of carbonyl (C=O) groups is 1. The first-order valence-electron chi connectivity index (χ1n) is 13.7. The van der Waals surface area contributed by atoms with Gasteiger partial charge in [0.25, 0.3) is 0 Å². The van der Waals surface area contributed by atoms with E-state index in [0.717, 1.165) is 60.5 Å². The molecule has 1 aromatic heterocycles. The lowest BCUT2D eigenvalue weighted by Gasteiger charge is -2.49. The molecular weight excluding hydrogens is 483 g/mol. The van der Waals surface area contributed by atoms with E-state index in [1.165, 1.54) is 19.1 Å². The van der Waals surface area contributed by atoms with Gasteiger partial charge < -0.3 is 25.4 Å². The predicted octanol–water partition coefficient (Wildman–Crippen LogP) is 4.32. The molecule has 2 heterocycles. The number of nitrogens with zero attached hydrogens (tertiary/aromatic N) is 2. The lowest BCUT2D eigenvalue weighted by Crippen LogP contribution is -2.52. The minimum absolute atomic E-state index is 0.0266. The van der Waals surface area contributed by atoms with Gasteiger partial charge in [-0.3, -0.25) is 4.79 Å². The maximum atomic E-state index is 13.8. The van der Waals surface area contributed by atoms with Gasteiger partial charge in [0, 0.05) is 51.3 Å². The van der Waals surface area contributed by atoms with Gasteiger partial charge in [-0.25, -0.2) is 9.37 Å². The molecule has 0 saturated heterocycles. The third-order valence-electron chi connectivity index (χ3n) is 7.48. The average Bonchev–Trinajstić information content (AvgIpc) is 2.79. The highest BCUT2D eigenvalue weighted by atomic mass is 19.1. The molecule has 0 bridgehead atoms. The third kappa shape index (κ3) is 6.83. The Morgan fingerprint density at radius 1 is 1.29 bits per heavy atom. The molecule has 2 aromatic rings. The molecule has 1 aliphatic heterocycles. The Hall–Kier alpha value is -2.71. The number of pyridine rings is 1. The fourth-order valence-electron chi connectivity index (χ4n) is 5.56. The van der Waals surface area contributed by atoms with Crippen LogP contribution in [0.4, 0.5) is 10.2 Å². The van der Waals surface area contributed by atoms with Crippen LogP contribution in [0.3, 0.4) is 0 Å². The summed E-state index contributed by atoms with van der Waals surface area (Å²) in [5.41, 5.74) is 2.67. The summed E-state index contributed by atoms with van der Waals surface area (Å²) < 4.78 is 20.4. The molecule has 208 valence electrons. The fraction of sp³-hybridized carbons (Fsp3) is 0.600. The van der Waals surface area contributed by atoms with Crippen molar-refractivity contribution in [2.75, 3.05) is 25.5 Å². The number of hydrogen-bond acceptors (Lipinski definition) is 6. The zero-order chi connectivity index (χ0) is 27.7. The monoisotopic (exact) mass is 526 g/mol. The van der Waals surface area contributed by atoms with Crippen LogP contribution in [0.15, 0.2) is 30.3 Å². The molecule has 1 aromatic carbocycles. The van der Waals surface area contributed by atoms with Gasteiger partial charge in [0.05, 0.1) is 12.1 Å². The van der Waals surface area contributed by atoms with E-state index in [0.29, 0.717) is 6.42 Å². The molecule has 0 radical (unpaired) electrons. The number of hydrogen-bond donors (Lipinski definition) is 3. The number of nitrogens with one attached hydrogen (secondary N) is 2. The maximum Gasteiger partial charge on any atom is 0.217 e. The summed E-state index contributed by atoms with van der Waals surface area (Å²) in [6.45, 7) is 8.32. The second kappa shape index (κ2) is 11.2. The zero-order valence-corrected chi connectivity index (χ0v) is 23.6. The summed E-state index contributed by atoms with van der Waals surface area (Å²) in [5, 5.41) is 17.7. The largest absolute Gasteiger partial charge is 0.483 e. The van der Waals surface area contributed by atoms with Crippen molar-refractivity contribution in [3.05, 3.63) is 53.0 Å². The van der Waals surface area contributed by atoms with E-state index in [1.54, 1.807) is 12.1 Å². The quantitative estimate of drug-likeness (QED) is 0.451. The molecule has 0 unspecified atom stereocenters. The summed E-state index contributed by atoms with van der Waals surface area (Å²) in [6, 6.07) is 7.85. The van der Waals surface area contributed by atoms with Crippen molar-refractivity contribution in [2.45, 2.75) is 90.0 Å². The number of amides is 1. The predicted molar refractivity (Wildman–Crippen MR) is 148 cm³/mol. The molecule has 1 amide bonds. The summed E-state index contributed by atoms with van der Waals surface area (Å²) in [4.78, 5) is 18.9. The lowest BCUT2D eigenvalue weighted by molar-refractivity contribution is -0.120. The Balaban J connectivity index is 1.59. The molecule has 1 aliphatic carbocycles. The van der Waals surface area contributed by atoms with Gasteiger partial charge in [0.1, 0.15) is 11.4 Å². The van der Waals surface area contributed by atoms with Crippen LogP contribution in [0.5, 0.6) is 5.75 Å². The van der Waals surface area contributed by atoms with Crippen LogP contribution in [-0.2, 0) is 17.6 Å². The van der Waals surface area contributed by atoms with E-state index in [1.807, 2.05) is 19.0 Å². The summed E-state index contributed by atoms with van der Waals surface area (Å²) >= 11 is 0. The summed E-state index contributed by atoms with van der Waals surface area (Å²) in [5.74, 6) is 1.09. The van der Waals surface area contributed by atoms with E-state index in [9.17, 15) is 14.3 Å². The summed E-state index contributed by atoms with van der Waals surface area (Å²) in [6.07, 6.45) is 4.24. The number of ether oxygens (including phenoxy) is 1. The Morgan fingerprint density at radius 3 is 2.61 bits per heavy atom. The molecule has 1 saturated carbocycles. The number of aliphatic hydroxyl groups is 1. The topological polar surface area (TPSA) is 86.7 Å². The number of benzene rings is 1. The van der Waals surface area contributed by atoms with Gasteiger partial charge in [-0.2, -0.15) is 0 Å². The minimum Gasteiger partial charge on any atom is -0.483 e. The standard InChI is InChI=1S/C30H43FN4O3/c1-19(36)33-24(14-20-9-7-10-21(31)13-20)26(37)18-32-25-17-30(11-8-12-30)38-27-23(25)15-22(16-29(2,3)4)34-28(27)35(5)6/h7,9-10,13,15,24-26,32,37H,8,11-12,14,16-18H2,1-6H3,(H,33,36)/t24-,25-,26-/m0/s1. The van der Waals surface area contributed by atoms with Gasteiger partial charge in [0.2, 0.25) is 5.91 Å². The maximum absolute atomic E-state index is 13.8. The smallest absolute Gasteiger partial charge is 0.217 e. The van der Waals surface area contributed by atoms with Crippen molar-refractivity contribution in [3.63, 3.8) is 0 Å². The molecule has 7 nitrogen and oxygen atoms in total. The summed E-state index contributed by atoms with van der Waals surface area (Å²) in [7, 11) is 3.98. The van der Waals surface area contributed by atoms with Crippen molar-refractivity contribution in [3.8, 4) is 5.75 Å². The second-order valence-electron chi connectivity index (χ2n) is 12.5. The van der Waals surface area contributed by atoms with Crippen LogP contribution in [0, 0.1) is 11.2 Å². The van der Waals surface area contributed by atoms with Crippen molar-refractivity contribution < 1.29 is 19.0 Å². The number of rotatable bonds is 9. The molecule has 38 heavy (non-hydrogen) atoms. The van der Waals surface area contributed by atoms with E-state index >= 15 is 0 Å². The number of aliphatic hydroxyl groups excluding tert-OH is 1. The molecule has 1 fully saturated rings. The second-order valence-corrected chi connectivity index (χ2v) is 12.5. The molecule has 3 atom stereocenters. The minimum atomic E-state index is -0.866. The molecule has 8 heteroatoms. The normalized spacial score (nSPS) is 19.6. The van der Waals surface area contributed by atoms with Crippen molar-refractivity contribution in [1.29, 1.82) is 0 Å². The van der Waals surface area contributed by atoms with Crippen molar-refractivity contribution >= 4 is 11.7 Å². The van der Waals surface area contributed by atoms with Crippen LogP contribution < -0.4 is 20.3 Å².